The van der Waals surface area contributed by atoms with Gasteiger partial charge in [0.05, 0.1) is 18.5 Å². The molecule has 0 amide bonds. The maximum atomic E-state index is 5.09. The van der Waals surface area contributed by atoms with E-state index in [1.54, 1.807) is 7.11 Å². The van der Waals surface area contributed by atoms with Gasteiger partial charge in [0.25, 0.3) is 0 Å². The van der Waals surface area contributed by atoms with Gasteiger partial charge in [0, 0.05) is 0 Å². The van der Waals surface area contributed by atoms with Crippen LogP contribution in [0.1, 0.15) is 11.1 Å². The summed E-state index contributed by atoms with van der Waals surface area (Å²) >= 11 is 0. The van der Waals surface area contributed by atoms with Gasteiger partial charge in [-0.25, -0.2) is 0 Å². The number of methoxy groups -OCH3 is 1. The summed E-state index contributed by atoms with van der Waals surface area (Å²) in [5.41, 5.74) is 4.08. The minimum absolute atomic E-state index is 0.816. The molecule has 0 bridgehead atoms. The third-order valence-corrected chi connectivity index (χ3v) is 2.70. The van der Waals surface area contributed by atoms with E-state index in [4.69, 9.17) is 4.74 Å². The van der Waals surface area contributed by atoms with E-state index in [0.29, 0.717) is 0 Å². The monoisotopic (exact) mass is 240 g/mol. The third-order valence-electron chi connectivity index (χ3n) is 2.70. The van der Waals surface area contributed by atoms with E-state index in [2.05, 4.69) is 23.2 Å². The number of aryl methyl sites for hydroxylation is 2. The fourth-order valence-electron chi connectivity index (χ4n) is 1.68. The summed E-state index contributed by atoms with van der Waals surface area (Å²) in [4.78, 5) is 0. The molecule has 0 saturated carbocycles. The predicted octanol–water partition coefficient (Wildman–Crippen LogP) is 4.73. The van der Waals surface area contributed by atoms with Crippen LogP contribution in [0.3, 0.4) is 0 Å². The molecule has 3 heteroatoms. The summed E-state index contributed by atoms with van der Waals surface area (Å²) in [5.74, 6) is 0.820. The molecule has 0 aliphatic carbocycles. The van der Waals surface area contributed by atoms with Gasteiger partial charge in [-0.3, -0.25) is 0 Å². The first-order valence-electron chi connectivity index (χ1n) is 5.82. The zero-order chi connectivity index (χ0) is 13.0. The van der Waals surface area contributed by atoms with Crippen molar-refractivity contribution >= 4 is 11.4 Å². The maximum absolute atomic E-state index is 5.09. The minimum atomic E-state index is 0.816. The number of hydrogen-bond acceptors (Lipinski definition) is 3. The van der Waals surface area contributed by atoms with Gasteiger partial charge in [-0.05, 0) is 49.7 Å². The normalized spacial score (nSPS) is 10.8. The zero-order valence-corrected chi connectivity index (χ0v) is 10.8. The van der Waals surface area contributed by atoms with Crippen LogP contribution in [0.4, 0.5) is 11.4 Å². The lowest BCUT2D eigenvalue weighted by atomic mass is 10.1. The van der Waals surface area contributed by atoms with E-state index >= 15 is 0 Å². The third kappa shape index (κ3) is 2.94. The quantitative estimate of drug-likeness (QED) is 0.714. The van der Waals surface area contributed by atoms with Crippen molar-refractivity contribution < 1.29 is 4.74 Å². The van der Waals surface area contributed by atoms with E-state index < -0.39 is 0 Å². The molecule has 0 spiro atoms. The molecule has 2 aromatic carbocycles. The highest BCUT2D eigenvalue weighted by molar-refractivity contribution is 5.47. The molecule has 0 saturated heterocycles. The second kappa shape index (κ2) is 5.45. The highest BCUT2D eigenvalue weighted by Crippen LogP contribution is 2.23. The van der Waals surface area contributed by atoms with Crippen LogP contribution in [0.25, 0.3) is 0 Å². The summed E-state index contributed by atoms with van der Waals surface area (Å²) in [6.45, 7) is 4.10. The lowest BCUT2D eigenvalue weighted by molar-refractivity contribution is 0.415. The van der Waals surface area contributed by atoms with E-state index in [-0.39, 0.29) is 0 Å². The van der Waals surface area contributed by atoms with Gasteiger partial charge in [0.2, 0.25) is 0 Å². The van der Waals surface area contributed by atoms with Crippen molar-refractivity contribution in [3.8, 4) is 5.75 Å². The van der Waals surface area contributed by atoms with Crippen LogP contribution in [0.15, 0.2) is 52.7 Å². The standard InChI is InChI=1S/C15H16N2O/c1-11-4-9-15(12(2)10-11)17-16-13-5-7-14(18-3)8-6-13/h4-10H,1-3H3. The van der Waals surface area contributed by atoms with E-state index in [0.717, 1.165) is 22.7 Å². The first-order chi connectivity index (χ1) is 8.69. The Morgan fingerprint density at radius 2 is 1.61 bits per heavy atom. The Morgan fingerprint density at radius 3 is 2.22 bits per heavy atom. The second-order valence-corrected chi connectivity index (χ2v) is 4.19. The number of benzene rings is 2. The Hall–Kier alpha value is -2.16. The van der Waals surface area contributed by atoms with Crippen molar-refractivity contribution in [2.75, 3.05) is 7.11 Å². The van der Waals surface area contributed by atoms with E-state index in [1.807, 2.05) is 43.3 Å². The molecule has 0 radical (unpaired) electrons. The van der Waals surface area contributed by atoms with Crippen LogP contribution in [-0.4, -0.2) is 7.11 Å². The lowest BCUT2D eigenvalue weighted by Crippen LogP contribution is -1.79. The average molecular weight is 240 g/mol. The Labute approximate surface area is 107 Å². The first kappa shape index (κ1) is 12.3. The molecule has 2 aromatic rings. The topological polar surface area (TPSA) is 34.0 Å². The van der Waals surface area contributed by atoms with Crippen molar-refractivity contribution in [2.24, 2.45) is 10.2 Å². The summed E-state index contributed by atoms with van der Waals surface area (Å²) in [6.07, 6.45) is 0. The molecule has 0 atom stereocenters. The second-order valence-electron chi connectivity index (χ2n) is 4.19. The molecule has 92 valence electrons. The molecule has 3 nitrogen and oxygen atoms in total. The summed E-state index contributed by atoms with van der Waals surface area (Å²) in [6, 6.07) is 13.6. The molecular weight excluding hydrogens is 224 g/mol. The van der Waals surface area contributed by atoms with Gasteiger partial charge >= 0.3 is 0 Å². The first-order valence-corrected chi connectivity index (χ1v) is 5.82. The average Bonchev–Trinajstić information content (AvgIpc) is 2.38. The van der Waals surface area contributed by atoms with Crippen molar-refractivity contribution in [2.45, 2.75) is 13.8 Å². The van der Waals surface area contributed by atoms with Crippen LogP contribution >= 0.6 is 0 Å². The van der Waals surface area contributed by atoms with Gasteiger partial charge < -0.3 is 4.74 Å². The minimum Gasteiger partial charge on any atom is -0.497 e. The highest BCUT2D eigenvalue weighted by atomic mass is 16.5. The summed E-state index contributed by atoms with van der Waals surface area (Å²) in [5, 5.41) is 8.47. The summed E-state index contributed by atoms with van der Waals surface area (Å²) < 4.78 is 5.09. The van der Waals surface area contributed by atoms with Crippen LogP contribution < -0.4 is 4.74 Å². The van der Waals surface area contributed by atoms with E-state index in [9.17, 15) is 0 Å². The molecule has 18 heavy (non-hydrogen) atoms. The fraction of sp³-hybridized carbons (Fsp3) is 0.200. The molecule has 0 aliphatic heterocycles. The van der Waals surface area contributed by atoms with Crippen molar-refractivity contribution in [3.63, 3.8) is 0 Å². The maximum Gasteiger partial charge on any atom is 0.119 e. The number of nitrogens with zero attached hydrogens (tertiary/aromatic N) is 2. The largest absolute Gasteiger partial charge is 0.497 e. The smallest absolute Gasteiger partial charge is 0.119 e. The molecule has 0 aromatic heterocycles. The van der Waals surface area contributed by atoms with E-state index in [1.165, 1.54) is 5.56 Å². The van der Waals surface area contributed by atoms with Crippen molar-refractivity contribution in [1.82, 2.24) is 0 Å². The van der Waals surface area contributed by atoms with Crippen LogP contribution in [0.2, 0.25) is 0 Å². The Balaban J connectivity index is 2.19. The summed E-state index contributed by atoms with van der Waals surface area (Å²) in [7, 11) is 1.65. The number of rotatable bonds is 3. The highest BCUT2D eigenvalue weighted by Gasteiger charge is 1.97. The fourth-order valence-corrected chi connectivity index (χ4v) is 1.68. The molecule has 0 unspecified atom stereocenters. The molecular formula is C15H16N2O. The number of ether oxygens (including phenoxy) is 1. The van der Waals surface area contributed by atoms with Crippen LogP contribution in [0.5, 0.6) is 5.75 Å². The predicted molar refractivity (Wildman–Crippen MR) is 73.1 cm³/mol. The van der Waals surface area contributed by atoms with Gasteiger partial charge in [0.15, 0.2) is 0 Å². The van der Waals surface area contributed by atoms with Gasteiger partial charge in [-0.1, -0.05) is 17.7 Å². The van der Waals surface area contributed by atoms with Crippen molar-refractivity contribution in [3.05, 3.63) is 53.6 Å². The zero-order valence-electron chi connectivity index (χ0n) is 10.8. The van der Waals surface area contributed by atoms with Gasteiger partial charge in [-0.2, -0.15) is 10.2 Å². The van der Waals surface area contributed by atoms with Gasteiger partial charge in [0.1, 0.15) is 5.75 Å². The molecule has 0 fully saturated rings. The SMILES string of the molecule is COc1ccc(N=Nc2ccc(C)cc2C)cc1. The Bertz CT molecular complexity index is 559. The molecule has 0 heterocycles. The molecule has 0 aliphatic rings. The van der Waals surface area contributed by atoms with Crippen molar-refractivity contribution in [1.29, 1.82) is 0 Å². The number of azo groups is 1. The Kier molecular flexibility index (Phi) is 3.72. The lowest BCUT2D eigenvalue weighted by Gasteiger charge is -2.01. The Morgan fingerprint density at radius 1 is 0.889 bits per heavy atom. The van der Waals surface area contributed by atoms with Crippen LogP contribution in [0, 0.1) is 13.8 Å². The van der Waals surface area contributed by atoms with Gasteiger partial charge in [-0.15, -0.1) is 0 Å². The number of hydrogen-bond donors (Lipinski definition) is 0. The van der Waals surface area contributed by atoms with Crippen LogP contribution in [-0.2, 0) is 0 Å². The molecule has 0 N–H and O–H groups in total. The molecule has 2 rings (SSSR count).